The number of morpholine rings is 1. The van der Waals surface area contributed by atoms with E-state index in [2.05, 4.69) is 15.0 Å². The molecule has 0 saturated carbocycles. The summed E-state index contributed by atoms with van der Waals surface area (Å²) in [6, 6.07) is 2.45. The van der Waals surface area contributed by atoms with Gasteiger partial charge >= 0.3 is 6.18 Å². The van der Waals surface area contributed by atoms with Crippen LogP contribution in [0.4, 0.5) is 29.5 Å². The molecule has 1 fully saturated rings. The number of halogens is 4. The number of alkyl halides is 3. The number of hydrogen-bond acceptors (Lipinski definition) is 6. The van der Waals surface area contributed by atoms with E-state index in [0.29, 0.717) is 48.8 Å². The number of ether oxygens (including phenoxy) is 1. The smallest absolute Gasteiger partial charge is 0.375 e. The Bertz CT molecular complexity index is 1130. The Labute approximate surface area is 176 Å². The van der Waals surface area contributed by atoms with Crippen LogP contribution in [-0.4, -0.2) is 59.4 Å². The first-order valence-corrected chi connectivity index (χ1v) is 9.71. The number of anilines is 2. The molecular weight excluding hydrogens is 416 g/mol. The molecule has 31 heavy (non-hydrogen) atoms. The summed E-state index contributed by atoms with van der Waals surface area (Å²) in [6.45, 7) is 3.48. The van der Waals surface area contributed by atoms with Crippen molar-refractivity contribution in [3.05, 3.63) is 29.6 Å². The van der Waals surface area contributed by atoms with Crippen LogP contribution in [0.25, 0.3) is 22.4 Å². The van der Waals surface area contributed by atoms with Gasteiger partial charge in [-0.2, -0.15) is 23.1 Å². The molecule has 0 aliphatic carbocycles. The number of imidazole rings is 1. The molecule has 3 heterocycles. The monoisotopic (exact) mass is 438 g/mol. The van der Waals surface area contributed by atoms with Crippen molar-refractivity contribution >= 4 is 23.1 Å². The van der Waals surface area contributed by atoms with E-state index in [1.54, 1.807) is 30.6 Å². The summed E-state index contributed by atoms with van der Waals surface area (Å²) < 4.78 is 61.2. The van der Waals surface area contributed by atoms with Gasteiger partial charge in [0.1, 0.15) is 17.0 Å². The fourth-order valence-corrected chi connectivity index (χ4v) is 3.70. The van der Waals surface area contributed by atoms with Gasteiger partial charge in [-0.15, -0.1) is 0 Å². The topological polar surface area (TPSA) is 59.3 Å². The molecule has 0 radical (unpaired) electrons. The first kappa shape index (κ1) is 21.3. The maximum atomic E-state index is 14.9. The molecule has 0 amide bonds. The van der Waals surface area contributed by atoms with Gasteiger partial charge in [-0.1, -0.05) is 0 Å². The largest absolute Gasteiger partial charge is 0.416 e. The SMILES string of the molecule is CC1CN(c2nc(-c3ccc(C(F)(F)F)cc3F)c3c(n2)nc(N(C)C)n3C)CCO1. The Balaban J connectivity index is 1.94. The Morgan fingerprint density at radius 1 is 1.16 bits per heavy atom. The van der Waals surface area contributed by atoms with Gasteiger partial charge in [0.2, 0.25) is 11.9 Å². The second-order valence-corrected chi connectivity index (χ2v) is 7.73. The third kappa shape index (κ3) is 3.89. The molecule has 1 aliphatic rings. The number of hydrogen-bond donors (Lipinski definition) is 0. The average molecular weight is 438 g/mol. The van der Waals surface area contributed by atoms with Gasteiger partial charge < -0.3 is 19.1 Å². The van der Waals surface area contributed by atoms with Crippen LogP contribution in [0.1, 0.15) is 12.5 Å². The third-order valence-electron chi connectivity index (χ3n) is 5.17. The van der Waals surface area contributed by atoms with Crippen LogP contribution >= 0.6 is 0 Å². The van der Waals surface area contributed by atoms with Crippen molar-refractivity contribution in [1.29, 1.82) is 0 Å². The van der Waals surface area contributed by atoms with Gasteiger partial charge in [0.05, 0.1) is 18.3 Å². The maximum absolute atomic E-state index is 14.9. The summed E-state index contributed by atoms with van der Waals surface area (Å²) in [7, 11) is 5.34. The highest BCUT2D eigenvalue weighted by atomic mass is 19.4. The number of benzene rings is 1. The zero-order chi connectivity index (χ0) is 22.5. The lowest BCUT2D eigenvalue weighted by Gasteiger charge is -2.31. The molecule has 2 aromatic heterocycles. The first-order valence-electron chi connectivity index (χ1n) is 9.71. The van der Waals surface area contributed by atoms with Gasteiger partial charge in [-0.25, -0.2) is 9.37 Å². The summed E-state index contributed by atoms with van der Waals surface area (Å²) in [5, 5.41) is 0. The van der Waals surface area contributed by atoms with Crippen molar-refractivity contribution < 1.29 is 22.3 Å². The third-order valence-corrected chi connectivity index (χ3v) is 5.17. The number of aromatic nitrogens is 4. The highest BCUT2D eigenvalue weighted by molar-refractivity contribution is 5.90. The van der Waals surface area contributed by atoms with Crippen LogP contribution in [0, 0.1) is 5.82 Å². The van der Waals surface area contributed by atoms with Crippen molar-refractivity contribution in [3.63, 3.8) is 0 Å². The van der Waals surface area contributed by atoms with Crippen molar-refractivity contribution in [1.82, 2.24) is 19.5 Å². The lowest BCUT2D eigenvalue weighted by atomic mass is 10.1. The minimum Gasteiger partial charge on any atom is -0.375 e. The summed E-state index contributed by atoms with van der Waals surface area (Å²) in [4.78, 5) is 17.4. The predicted molar refractivity (Wildman–Crippen MR) is 109 cm³/mol. The molecular formula is C20H22F4N6O. The molecule has 0 spiro atoms. The molecule has 0 bridgehead atoms. The number of rotatable bonds is 3. The van der Waals surface area contributed by atoms with Crippen LogP contribution in [0.3, 0.4) is 0 Å². The molecule has 0 N–H and O–H groups in total. The zero-order valence-electron chi connectivity index (χ0n) is 17.5. The molecule has 1 aliphatic heterocycles. The molecule has 3 aromatic rings. The fourth-order valence-electron chi connectivity index (χ4n) is 3.70. The summed E-state index contributed by atoms with van der Waals surface area (Å²) in [6.07, 6.45) is -4.68. The van der Waals surface area contributed by atoms with Gasteiger partial charge in [0, 0.05) is 39.8 Å². The van der Waals surface area contributed by atoms with Crippen LogP contribution in [0.5, 0.6) is 0 Å². The molecule has 11 heteroatoms. The molecule has 1 atom stereocenters. The second-order valence-electron chi connectivity index (χ2n) is 7.73. The molecule has 166 valence electrons. The summed E-state index contributed by atoms with van der Waals surface area (Å²) >= 11 is 0. The summed E-state index contributed by atoms with van der Waals surface area (Å²) in [5.74, 6) is -0.116. The second kappa shape index (κ2) is 7.63. The van der Waals surface area contributed by atoms with Gasteiger partial charge in [-0.05, 0) is 25.1 Å². The fraction of sp³-hybridized carbons (Fsp3) is 0.450. The minimum absolute atomic E-state index is 0.0413. The van der Waals surface area contributed by atoms with E-state index in [1.165, 1.54) is 0 Å². The molecule has 1 unspecified atom stereocenters. The zero-order valence-corrected chi connectivity index (χ0v) is 17.5. The van der Waals surface area contributed by atoms with Crippen LogP contribution in [-0.2, 0) is 18.0 Å². The Morgan fingerprint density at radius 2 is 1.90 bits per heavy atom. The van der Waals surface area contributed by atoms with Crippen molar-refractivity contribution in [2.45, 2.75) is 19.2 Å². The first-order chi connectivity index (χ1) is 14.6. The van der Waals surface area contributed by atoms with E-state index in [1.807, 2.05) is 11.8 Å². The standard InChI is InChI=1S/C20H22F4N6O/c1-11-10-30(7-8-31-11)18-25-15(13-6-5-12(9-14(13)21)20(22,23)24)16-17(26-18)27-19(28(2)3)29(16)4/h5-6,9,11H,7-8,10H2,1-4H3. The van der Waals surface area contributed by atoms with Crippen molar-refractivity contribution in [2.75, 3.05) is 43.6 Å². The average Bonchev–Trinajstić information content (AvgIpc) is 3.03. The predicted octanol–water partition coefficient (Wildman–Crippen LogP) is 3.48. The van der Waals surface area contributed by atoms with Crippen molar-refractivity contribution in [2.24, 2.45) is 7.05 Å². The number of nitrogens with zero attached hydrogens (tertiary/aromatic N) is 6. The highest BCUT2D eigenvalue weighted by Crippen LogP contribution is 2.36. The van der Waals surface area contributed by atoms with Crippen LogP contribution in [0.2, 0.25) is 0 Å². The van der Waals surface area contributed by atoms with E-state index in [4.69, 9.17) is 4.74 Å². The van der Waals surface area contributed by atoms with Crippen molar-refractivity contribution in [3.8, 4) is 11.3 Å². The van der Waals surface area contributed by atoms with E-state index < -0.39 is 17.6 Å². The van der Waals surface area contributed by atoms with Gasteiger partial charge in [0.25, 0.3) is 0 Å². The molecule has 7 nitrogen and oxygen atoms in total. The Kier molecular flexibility index (Phi) is 5.24. The highest BCUT2D eigenvalue weighted by Gasteiger charge is 2.32. The summed E-state index contributed by atoms with van der Waals surface area (Å²) in [5.41, 5.74) is -0.137. The van der Waals surface area contributed by atoms with Crippen LogP contribution in [0.15, 0.2) is 18.2 Å². The molecule has 4 rings (SSSR count). The maximum Gasteiger partial charge on any atom is 0.416 e. The lowest BCUT2D eigenvalue weighted by Crippen LogP contribution is -2.42. The van der Waals surface area contributed by atoms with E-state index in [0.717, 1.165) is 12.1 Å². The number of fused-ring (bicyclic) bond motifs is 1. The van der Waals surface area contributed by atoms with E-state index in [-0.39, 0.29) is 17.4 Å². The lowest BCUT2D eigenvalue weighted by molar-refractivity contribution is -0.137. The minimum atomic E-state index is -4.64. The van der Waals surface area contributed by atoms with E-state index in [9.17, 15) is 17.6 Å². The Morgan fingerprint density at radius 3 is 2.52 bits per heavy atom. The van der Waals surface area contributed by atoms with E-state index >= 15 is 0 Å². The van der Waals surface area contributed by atoms with Crippen LogP contribution < -0.4 is 9.80 Å². The van der Waals surface area contributed by atoms with Gasteiger partial charge in [0.15, 0.2) is 5.65 Å². The number of aryl methyl sites for hydroxylation is 1. The molecule has 1 aromatic carbocycles. The molecule has 1 saturated heterocycles. The quantitative estimate of drug-likeness (QED) is 0.584. The van der Waals surface area contributed by atoms with Gasteiger partial charge in [-0.3, -0.25) is 0 Å². The Hall–Kier alpha value is -2.95. The normalized spacial score (nSPS) is 17.4.